The smallest absolute Gasteiger partial charge is 0.434 e. The van der Waals surface area contributed by atoms with Crippen molar-refractivity contribution in [2.24, 2.45) is 16.3 Å². The van der Waals surface area contributed by atoms with E-state index in [0.29, 0.717) is 67.9 Å². The zero-order chi connectivity index (χ0) is 57.8. The molecule has 0 radical (unpaired) electrons. The maximum atomic E-state index is 15.7. The summed E-state index contributed by atoms with van der Waals surface area (Å²) in [5.41, 5.74) is 4.55. The van der Waals surface area contributed by atoms with Gasteiger partial charge in [0.25, 0.3) is 0 Å². The highest BCUT2D eigenvalue weighted by molar-refractivity contribution is 6.33. The van der Waals surface area contributed by atoms with Crippen molar-refractivity contribution in [3.05, 3.63) is 131 Å². The lowest BCUT2D eigenvalue weighted by Crippen LogP contribution is -2.55. The van der Waals surface area contributed by atoms with Crippen LogP contribution < -0.4 is 20.1 Å². The summed E-state index contributed by atoms with van der Waals surface area (Å²) in [7, 11) is 1.61. The van der Waals surface area contributed by atoms with E-state index in [-0.39, 0.29) is 92.5 Å². The fraction of sp³-hybridized carbons (Fsp3) is 0.403. The number of phenols is 1. The van der Waals surface area contributed by atoms with Gasteiger partial charge in [0.2, 0.25) is 11.8 Å². The average molecular weight is 1150 g/mol. The van der Waals surface area contributed by atoms with Gasteiger partial charge < -0.3 is 45.1 Å². The van der Waals surface area contributed by atoms with E-state index in [0.717, 1.165) is 35.1 Å². The lowest BCUT2D eigenvalue weighted by atomic mass is 9.94. The van der Waals surface area contributed by atoms with Crippen molar-refractivity contribution < 1.29 is 48.1 Å². The number of aromatic nitrogens is 4. The van der Waals surface area contributed by atoms with Gasteiger partial charge in [0.1, 0.15) is 66.0 Å². The van der Waals surface area contributed by atoms with E-state index >= 15 is 4.39 Å². The van der Waals surface area contributed by atoms with E-state index < -0.39 is 41.8 Å². The van der Waals surface area contributed by atoms with Gasteiger partial charge in [0.05, 0.1) is 47.7 Å². The van der Waals surface area contributed by atoms with Crippen LogP contribution in [0.15, 0.2) is 108 Å². The molecule has 1 aliphatic carbocycles. The van der Waals surface area contributed by atoms with Crippen LogP contribution in [0.4, 0.5) is 10.2 Å². The number of pyridine rings is 2. The number of halogens is 2. The maximum Gasteiger partial charge on any atom is 0.434 e. The Morgan fingerprint density at radius 2 is 1.77 bits per heavy atom. The number of benzene rings is 4. The summed E-state index contributed by atoms with van der Waals surface area (Å²) >= 11 is 6.43. The van der Waals surface area contributed by atoms with Crippen LogP contribution in [0.1, 0.15) is 81.7 Å². The maximum absolute atomic E-state index is 15.7. The van der Waals surface area contributed by atoms with Crippen LogP contribution in [-0.2, 0) is 32.9 Å². The molecule has 430 valence electrons. The molecule has 5 aliphatic rings. The number of hydrogen-bond acceptors (Lipinski definition) is 16. The number of carbonyl (C=O) groups excluding carboxylic acids is 2. The third-order valence-corrected chi connectivity index (χ3v) is 17.2. The molecule has 0 spiro atoms. The molecule has 3 fully saturated rings. The van der Waals surface area contributed by atoms with Crippen LogP contribution in [-0.4, -0.2) is 144 Å². The van der Waals surface area contributed by atoms with Gasteiger partial charge in [0, 0.05) is 67.2 Å². The van der Waals surface area contributed by atoms with E-state index in [1.807, 2.05) is 76.2 Å². The molecule has 7 heterocycles. The van der Waals surface area contributed by atoms with E-state index in [2.05, 4.69) is 36.7 Å². The van der Waals surface area contributed by atoms with Crippen molar-refractivity contribution in [3.8, 4) is 39.9 Å². The summed E-state index contributed by atoms with van der Waals surface area (Å²) in [5.74, 6) is -0.601. The molecule has 4 aliphatic heterocycles. The summed E-state index contributed by atoms with van der Waals surface area (Å²) in [6.07, 6.45) is 7.83. The quantitative estimate of drug-likeness (QED) is 0.0509. The van der Waals surface area contributed by atoms with Crippen molar-refractivity contribution in [3.63, 3.8) is 0 Å². The lowest BCUT2D eigenvalue weighted by molar-refractivity contribution is -0.447. The van der Waals surface area contributed by atoms with Gasteiger partial charge in [-0.3, -0.25) is 24.6 Å². The number of aryl methyl sites for hydroxylation is 1. The number of hydrogen-bond donors (Lipinski definition) is 5. The number of carbonyl (C=O) groups is 2. The van der Waals surface area contributed by atoms with Crippen molar-refractivity contribution in [1.82, 2.24) is 40.5 Å². The first-order valence-corrected chi connectivity index (χ1v) is 28.7. The topological polar surface area (TPSA) is 232 Å². The standard InChI is InChI=1S/C62H65ClFN11O8/c1-6-44-49(64)18-13-38-21-42(76)22-45(53(38)44)54-57(55-47(26-66-54)58(69-61(68-55)83-31-34(4)81-5)73-27-40-16-17-41(28-73)67-40)82-32-35-7-9-37(10-8-35)50-30-75(72-71-50)56(33(2)3)60(80)74-29-43(77)23-51(74)59(79)70-62(24-52(62)78)39-14-11-36(12-15-39)46-25-65-20-19-48(46)63/h7-15,18-22,25-27,33-34,40-41,43,50-52,56,67,77-78H,6,16-17,23-24,28-32H2,1-5H3,(H-,70,76,79)/p+1/t34-,40?,41?,43+,50?,51-,52?,56-,62?/m0/s1. The van der Waals surface area contributed by atoms with Crippen molar-refractivity contribution in [2.45, 2.75) is 120 Å². The molecule has 4 aromatic carbocycles. The predicted molar refractivity (Wildman–Crippen MR) is 309 cm³/mol. The Morgan fingerprint density at radius 1 is 0.976 bits per heavy atom. The van der Waals surface area contributed by atoms with E-state index in [9.17, 15) is 24.9 Å². The number of fused-ring (bicyclic) bond motifs is 4. The summed E-state index contributed by atoms with van der Waals surface area (Å²) in [5, 5.41) is 53.1. The largest absolute Gasteiger partial charge is 0.508 e. The third-order valence-electron chi connectivity index (χ3n) is 16.8. The summed E-state index contributed by atoms with van der Waals surface area (Å²) in [6, 6.07) is 21.4. The van der Waals surface area contributed by atoms with Gasteiger partial charge in [-0.25, -0.2) is 8.97 Å². The fourth-order valence-electron chi connectivity index (χ4n) is 12.3. The number of likely N-dealkylation sites (tertiary alicyclic amines) is 1. The molecule has 19 nitrogen and oxygen atoms in total. The Bertz CT molecular complexity index is 3700. The number of amides is 2. The number of rotatable bonds is 18. The van der Waals surface area contributed by atoms with E-state index in [1.54, 1.807) is 55.0 Å². The van der Waals surface area contributed by atoms with Crippen molar-refractivity contribution >= 4 is 57.1 Å². The Labute approximate surface area is 484 Å². The molecule has 3 aromatic heterocycles. The number of nitrogens with one attached hydrogen (secondary N) is 2. The minimum atomic E-state index is -1.06. The first-order chi connectivity index (χ1) is 40.1. The van der Waals surface area contributed by atoms with E-state index in [1.165, 1.54) is 11.0 Å². The molecule has 5 N–H and O–H groups in total. The highest BCUT2D eigenvalue weighted by Gasteiger charge is 2.57. The first kappa shape index (κ1) is 55.8. The molecule has 12 rings (SSSR count). The Hall–Kier alpha value is -7.75. The molecule has 7 aromatic rings. The van der Waals surface area contributed by atoms with Crippen LogP contribution in [0, 0.1) is 11.7 Å². The van der Waals surface area contributed by atoms with Gasteiger partial charge in [-0.2, -0.15) is 10.1 Å². The Kier molecular flexibility index (Phi) is 15.3. The van der Waals surface area contributed by atoms with Gasteiger partial charge in [-0.15, -0.1) is 0 Å². The minimum absolute atomic E-state index is 0.0269. The molecule has 83 heavy (non-hydrogen) atoms. The first-order valence-electron chi connectivity index (χ1n) is 28.4. The summed E-state index contributed by atoms with van der Waals surface area (Å²) in [4.78, 5) is 49.6. The van der Waals surface area contributed by atoms with Gasteiger partial charge >= 0.3 is 11.8 Å². The molecule has 5 unspecified atom stereocenters. The molecule has 9 atom stereocenters. The predicted octanol–water partition coefficient (Wildman–Crippen LogP) is 8.30. The van der Waals surface area contributed by atoms with Gasteiger partial charge in [-0.05, 0) is 95.0 Å². The highest BCUT2D eigenvalue weighted by Crippen LogP contribution is 2.48. The van der Waals surface area contributed by atoms with Crippen LogP contribution in [0.3, 0.4) is 0 Å². The second-order valence-corrected chi connectivity index (χ2v) is 23.2. The zero-order valence-electron chi connectivity index (χ0n) is 46.7. The molecular formula is C62H66ClFN11O8+. The van der Waals surface area contributed by atoms with Crippen LogP contribution in [0.5, 0.6) is 17.5 Å². The Balaban J connectivity index is 0.793. The Morgan fingerprint density at radius 3 is 2.49 bits per heavy atom. The van der Waals surface area contributed by atoms with Crippen LogP contribution in [0.2, 0.25) is 5.02 Å². The highest BCUT2D eigenvalue weighted by atomic mass is 35.5. The molecule has 2 saturated heterocycles. The van der Waals surface area contributed by atoms with Crippen LogP contribution >= 0.6 is 11.6 Å². The number of aliphatic hydroxyl groups is 2. The molecular weight excluding hydrogens is 1080 g/mol. The molecule has 1 saturated carbocycles. The molecule has 2 amide bonds. The number of phenolic OH excluding ortho intramolecular Hbond substituents is 1. The third kappa shape index (κ3) is 10.8. The molecule has 21 heteroatoms. The van der Waals surface area contributed by atoms with Crippen molar-refractivity contribution in [2.75, 3.05) is 33.4 Å². The SMILES string of the molecule is CCc1c(F)ccc2cc(O)cc(-c3ncc4c([N+]5=CC6CCC(C5)N6)nc(OC[C@H](C)OC)nc4c3OCc3ccc(C4CN([C@H](C(=O)N5C[C@H](O)C[C@H]5C(=O)NC5(c6ccc(-c7cnccc7Cl)cc6)CC5O)C(C)C)N=N4)cc3)c12. The van der Waals surface area contributed by atoms with Gasteiger partial charge in [-0.1, -0.05) is 92.2 Å². The summed E-state index contributed by atoms with van der Waals surface area (Å²) < 4.78 is 36.5. The zero-order valence-corrected chi connectivity index (χ0v) is 47.5. The number of ether oxygens (including phenoxy) is 3. The summed E-state index contributed by atoms with van der Waals surface area (Å²) in [6.45, 7) is 8.73. The monoisotopic (exact) mass is 1150 g/mol. The number of nitrogens with zero attached hydrogens (tertiary/aromatic N) is 9. The average Bonchev–Trinajstić information content (AvgIpc) is 3.14. The fourth-order valence-corrected chi connectivity index (χ4v) is 12.5. The molecule has 2 bridgehead atoms. The minimum Gasteiger partial charge on any atom is -0.508 e. The van der Waals surface area contributed by atoms with Crippen molar-refractivity contribution in [1.29, 1.82) is 0 Å². The van der Waals surface area contributed by atoms with Crippen LogP contribution in [0.25, 0.3) is 44.1 Å². The number of methoxy groups -OCH3 is 1. The second-order valence-electron chi connectivity index (χ2n) is 22.8. The van der Waals surface area contributed by atoms with Gasteiger partial charge in [0.15, 0.2) is 5.75 Å². The lowest BCUT2D eigenvalue weighted by Gasteiger charge is -2.34. The number of aromatic hydroxyl groups is 1. The second kappa shape index (κ2) is 22.8. The normalized spacial score (nSPS) is 23.5. The number of β-amino-alcohol motifs (C(OH)–C–C–N with tert-alkyl or cyclic N) is 1. The van der Waals surface area contributed by atoms with E-state index in [4.69, 9.17) is 40.8 Å². The number of aliphatic hydroxyl groups excluding tert-OH is 2.